The van der Waals surface area contributed by atoms with E-state index < -0.39 is 12.1 Å². The Labute approximate surface area is 125 Å². The van der Waals surface area contributed by atoms with E-state index in [1.54, 1.807) is 0 Å². The number of hydrogen-bond acceptors (Lipinski definition) is 5. The summed E-state index contributed by atoms with van der Waals surface area (Å²) in [5, 5.41) is 23.9. The highest BCUT2D eigenvalue weighted by Gasteiger charge is 2.11. The summed E-state index contributed by atoms with van der Waals surface area (Å²) in [6.07, 6.45) is -0.151. The van der Waals surface area contributed by atoms with Crippen LogP contribution >= 0.6 is 11.3 Å². The van der Waals surface area contributed by atoms with Crippen molar-refractivity contribution in [2.75, 3.05) is 11.9 Å². The van der Waals surface area contributed by atoms with Crippen LogP contribution in [-0.4, -0.2) is 27.9 Å². The minimum Gasteiger partial charge on any atom is -0.387 e. The number of aromatic nitrogens is 2. The van der Waals surface area contributed by atoms with Gasteiger partial charge in [-0.15, -0.1) is 10.2 Å². The van der Waals surface area contributed by atoms with Gasteiger partial charge in [0.25, 0.3) is 0 Å². The Balaban J connectivity index is 1.81. The van der Waals surface area contributed by atoms with Crippen LogP contribution in [0, 0.1) is 5.82 Å². The molecule has 2 aromatic rings. The molecule has 0 aliphatic heterocycles. The van der Waals surface area contributed by atoms with Crippen molar-refractivity contribution in [1.29, 1.82) is 0 Å². The molecule has 2 rings (SSSR count). The lowest BCUT2D eigenvalue weighted by atomic mass is 10.1. The fourth-order valence-electron chi connectivity index (χ4n) is 1.58. The monoisotopic (exact) mass is 310 g/mol. The third kappa shape index (κ3) is 4.47. The fraction of sp³-hybridized carbons (Fsp3) is 0.308. The molecule has 1 aromatic heterocycles. The number of carbonyl (C=O) groups excluding carboxylic acids is 1. The summed E-state index contributed by atoms with van der Waals surface area (Å²) < 4.78 is 12.8. The maximum Gasteiger partial charge on any atom is 0.321 e. The van der Waals surface area contributed by atoms with Gasteiger partial charge in [0.05, 0.1) is 6.10 Å². The van der Waals surface area contributed by atoms with Crippen molar-refractivity contribution >= 4 is 22.5 Å². The molecule has 6 nitrogen and oxygen atoms in total. The molecule has 0 saturated heterocycles. The number of aryl methyl sites for hydroxylation is 1. The normalized spacial score (nSPS) is 12.0. The van der Waals surface area contributed by atoms with E-state index in [1.165, 1.54) is 35.6 Å². The number of aliphatic hydroxyl groups excluding tert-OH is 1. The summed E-state index contributed by atoms with van der Waals surface area (Å²) >= 11 is 1.30. The van der Waals surface area contributed by atoms with E-state index in [-0.39, 0.29) is 12.4 Å². The van der Waals surface area contributed by atoms with Crippen molar-refractivity contribution in [2.24, 2.45) is 0 Å². The third-order valence-corrected chi connectivity index (χ3v) is 3.68. The third-order valence-electron chi connectivity index (χ3n) is 2.70. The van der Waals surface area contributed by atoms with Gasteiger partial charge in [-0.1, -0.05) is 30.4 Å². The average Bonchev–Trinajstić information content (AvgIpc) is 2.93. The molecule has 0 aliphatic carbocycles. The van der Waals surface area contributed by atoms with Gasteiger partial charge in [-0.2, -0.15) is 0 Å². The van der Waals surface area contributed by atoms with Crippen LogP contribution in [-0.2, 0) is 6.42 Å². The number of rotatable bonds is 5. The number of halogens is 1. The van der Waals surface area contributed by atoms with Crippen molar-refractivity contribution in [2.45, 2.75) is 19.4 Å². The van der Waals surface area contributed by atoms with Gasteiger partial charge in [-0.05, 0) is 24.1 Å². The Kier molecular flexibility index (Phi) is 5.18. The van der Waals surface area contributed by atoms with E-state index in [4.69, 9.17) is 0 Å². The number of aliphatic hydroxyl groups is 1. The molecular weight excluding hydrogens is 295 g/mol. The molecule has 1 aromatic carbocycles. The van der Waals surface area contributed by atoms with Crippen molar-refractivity contribution in [3.05, 3.63) is 40.7 Å². The number of carbonyl (C=O) groups is 1. The molecule has 3 N–H and O–H groups in total. The lowest BCUT2D eigenvalue weighted by molar-refractivity contribution is 0.175. The Bertz CT molecular complexity index is 602. The summed E-state index contributed by atoms with van der Waals surface area (Å²) in [6, 6.07) is 4.98. The highest BCUT2D eigenvalue weighted by molar-refractivity contribution is 7.15. The molecule has 0 radical (unpaired) electrons. The molecule has 0 bridgehead atoms. The summed E-state index contributed by atoms with van der Waals surface area (Å²) in [5.41, 5.74) is 0.529. The fourth-order valence-corrected chi connectivity index (χ4v) is 2.26. The lowest BCUT2D eigenvalue weighted by Gasteiger charge is -2.12. The van der Waals surface area contributed by atoms with Gasteiger partial charge in [-0.3, -0.25) is 5.32 Å². The molecule has 1 atom stereocenters. The van der Waals surface area contributed by atoms with Crippen LogP contribution < -0.4 is 10.6 Å². The summed E-state index contributed by atoms with van der Waals surface area (Å²) in [6.45, 7) is 1.96. The standard InChI is InChI=1S/C13H15FN4O2S/c1-2-11-17-18-13(21-11)16-12(20)15-7-10(19)8-3-5-9(14)6-4-8/h3-6,10,19H,2,7H2,1H3,(H2,15,16,18,20). The van der Waals surface area contributed by atoms with E-state index in [0.717, 1.165) is 11.4 Å². The smallest absolute Gasteiger partial charge is 0.321 e. The number of nitrogens with one attached hydrogen (secondary N) is 2. The predicted octanol–water partition coefficient (Wildman–Crippen LogP) is 2.09. The average molecular weight is 310 g/mol. The first-order chi connectivity index (χ1) is 10.1. The van der Waals surface area contributed by atoms with Gasteiger partial charge in [-0.25, -0.2) is 9.18 Å². The topological polar surface area (TPSA) is 87.1 Å². The Morgan fingerprint density at radius 2 is 2.10 bits per heavy atom. The van der Waals surface area contributed by atoms with Crippen molar-refractivity contribution in [3.63, 3.8) is 0 Å². The molecule has 21 heavy (non-hydrogen) atoms. The van der Waals surface area contributed by atoms with Crippen LogP contribution in [0.5, 0.6) is 0 Å². The zero-order valence-electron chi connectivity index (χ0n) is 11.3. The molecule has 2 amide bonds. The van der Waals surface area contributed by atoms with Gasteiger partial charge >= 0.3 is 6.03 Å². The van der Waals surface area contributed by atoms with E-state index in [1.807, 2.05) is 6.92 Å². The van der Waals surface area contributed by atoms with Gasteiger partial charge < -0.3 is 10.4 Å². The number of benzene rings is 1. The molecule has 8 heteroatoms. The summed E-state index contributed by atoms with van der Waals surface area (Å²) in [5.74, 6) is -0.375. The molecule has 0 saturated carbocycles. The first-order valence-corrected chi connectivity index (χ1v) is 7.21. The van der Waals surface area contributed by atoms with Crippen LogP contribution in [0.25, 0.3) is 0 Å². The van der Waals surface area contributed by atoms with Crippen LogP contribution in [0.15, 0.2) is 24.3 Å². The highest BCUT2D eigenvalue weighted by atomic mass is 32.1. The number of anilines is 1. The predicted molar refractivity (Wildman–Crippen MR) is 77.7 cm³/mol. The van der Waals surface area contributed by atoms with Crippen molar-refractivity contribution in [1.82, 2.24) is 15.5 Å². The van der Waals surface area contributed by atoms with Gasteiger partial charge in [0, 0.05) is 6.54 Å². The van der Waals surface area contributed by atoms with Crippen LogP contribution in [0.3, 0.4) is 0 Å². The minimum absolute atomic E-state index is 0.0108. The van der Waals surface area contributed by atoms with Crippen molar-refractivity contribution in [3.8, 4) is 0 Å². The van der Waals surface area contributed by atoms with E-state index in [2.05, 4.69) is 20.8 Å². The second kappa shape index (κ2) is 7.09. The SMILES string of the molecule is CCc1nnc(NC(=O)NCC(O)c2ccc(F)cc2)s1. The van der Waals surface area contributed by atoms with E-state index in [0.29, 0.717) is 10.7 Å². The molecule has 1 heterocycles. The Morgan fingerprint density at radius 1 is 1.38 bits per heavy atom. The largest absolute Gasteiger partial charge is 0.387 e. The zero-order valence-corrected chi connectivity index (χ0v) is 12.2. The first-order valence-electron chi connectivity index (χ1n) is 6.39. The quantitative estimate of drug-likeness (QED) is 0.789. The second-order valence-electron chi connectivity index (χ2n) is 4.26. The maximum absolute atomic E-state index is 12.8. The first kappa shape index (κ1) is 15.3. The lowest BCUT2D eigenvalue weighted by Crippen LogP contribution is -2.32. The van der Waals surface area contributed by atoms with Gasteiger partial charge in [0.15, 0.2) is 0 Å². The molecule has 0 fully saturated rings. The molecule has 1 unspecified atom stereocenters. The number of hydrogen-bond donors (Lipinski definition) is 3. The minimum atomic E-state index is -0.906. The highest BCUT2D eigenvalue weighted by Crippen LogP contribution is 2.15. The van der Waals surface area contributed by atoms with Gasteiger partial charge in [0.2, 0.25) is 5.13 Å². The number of urea groups is 1. The van der Waals surface area contributed by atoms with Gasteiger partial charge in [0.1, 0.15) is 10.8 Å². The summed E-state index contributed by atoms with van der Waals surface area (Å²) in [4.78, 5) is 11.6. The Hall–Kier alpha value is -2.06. The maximum atomic E-state index is 12.8. The second-order valence-corrected chi connectivity index (χ2v) is 5.32. The number of nitrogens with zero attached hydrogens (tertiary/aromatic N) is 2. The molecule has 0 aliphatic rings. The van der Waals surface area contributed by atoms with Crippen LogP contribution in [0.2, 0.25) is 0 Å². The Morgan fingerprint density at radius 3 is 2.71 bits per heavy atom. The van der Waals surface area contributed by atoms with E-state index in [9.17, 15) is 14.3 Å². The number of amides is 2. The van der Waals surface area contributed by atoms with E-state index >= 15 is 0 Å². The van der Waals surface area contributed by atoms with Crippen LogP contribution in [0.4, 0.5) is 14.3 Å². The van der Waals surface area contributed by atoms with Crippen LogP contribution in [0.1, 0.15) is 23.6 Å². The molecule has 0 spiro atoms. The zero-order chi connectivity index (χ0) is 15.2. The molecular formula is C13H15FN4O2S. The summed E-state index contributed by atoms with van der Waals surface area (Å²) in [7, 11) is 0. The van der Waals surface area contributed by atoms with Crippen molar-refractivity contribution < 1.29 is 14.3 Å². The molecule has 112 valence electrons.